The Morgan fingerprint density at radius 1 is 1.29 bits per heavy atom. The monoisotopic (exact) mass is 288 g/mol. The Labute approximate surface area is 124 Å². The molecule has 5 heteroatoms. The topological polar surface area (TPSA) is 78.4 Å². The van der Waals surface area contributed by atoms with Gasteiger partial charge in [0.05, 0.1) is 13.2 Å². The lowest BCUT2D eigenvalue weighted by atomic mass is 10.0. The molecule has 3 N–H and O–H groups in total. The summed E-state index contributed by atoms with van der Waals surface area (Å²) in [5, 5.41) is 13.9. The van der Waals surface area contributed by atoms with E-state index in [9.17, 15) is 9.59 Å². The van der Waals surface area contributed by atoms with Gasteiger partial charge in [-0.3, -0.25) is 9.59 Å². The summed E-state index contributed by atoms with van der Waals surface area (Å²) in [6.45, 7) is 4.21. The van der Waals surface area contributed by atoms with Gasteiger partial charge in [-0.2, -0.15) is 0 Å². The number of aryl methyl sites for hydroxylation is 1. The second-order valence-electron chi connectivity index (χ2n) is 4.44. The number of hydrogen-bond donors (Lipinski definition) is 3. The van der Waals surface area contributed by atoms with Gasteiger partial charge in [-0.05, 0) is 31.5 Å². The zero-order chi connectivity index (χ0) is 15.7. The Kier molecular flexibility index (Phi) is 6.99. The molecule has 0 spiro atoms. The molecule has 2 amide bonds. The molecule has 0 aliphatic carbocycles. The first-order valence-electron chi connectivity index (χ1n) is 6.83. The lowest BCUT2D eigenvalue weighted by Gasteiger charge is -2.07. The number of aliphatic hydroxyl groups is 1. The van der Waals surface area contributed by atoms with Gasteiger partial charge in [-0.15, -0.1) is 0 Å². The third-order valence-electron chi connectivity index (χ3n) is 2.74. The average Bonchev–Trinajstić information content (AvgIpc) is 2.47. The second-order valence-corrected chi connectivity index (χ2v) is 4.44. The number of carbonyl (C=O) groups excluding carboxylic acids is 2. The molecule has 0 aliphatic heterocycles. The number of likely N-dealkylation sites (N-methyl/N-ethyl adjacent to an activating group) is 1. The van der Waals surface area contributed by atoms with Crippen molar-refractivity contribution >= 4 is 11.8 Å². The molecule has 0 saturated heterocycles. The SMILES string of the molecule is CCNC(=O)CNC(=O)c1ccc(C)c(C#CCCO)c1. The summed E-state index contributed by atoms with van der Waals surface area (Å²) in [5.41, 5.74) is 2.16. The van der Waals surface area contributed by atoms with Crippen LogP contribution in [0.4, 0.5) is 0 Å². The summed E-state index contributed by atoms with van der Waals surface area (Å²) in [6, 6.07) is 5.19. The quantitative estimate of drug-likeness (QED) is 0.694. The first-order valence-corrected chi connectivity index (χ1v) is 6.83. The Balaban J connectivity index is 2.75. The number of carbonyl (C=O) groups is 2. The van der Waals surface area contributed by atoms with E-state index in [1.54, 1.807) is 12.1 Å². The van der Waals surface area contributed by atoms with Crippen molar-refractivity contribution in [2.24, 2.45) is 0 Å². The van der Waals surface area contributed by atoms with Crippen LogP contribution in [0.15, 0.2) is 18.2 Å². The molecule has 0 aromatic heterocycles. The minimum atomic E-state index is -0.313. The number of benzene rings is 1. The van der Waals surface area contributed by atoms with Crippen molar-refractivity contribution in [2.75, 3.05) is 19.7 Å². The zero-order valence-corrected chi connectivity index (χ0v) is 12.3. The van der Waals surface area contributed by atoms with Crippen molar-refractivity contribution in [1.82, 2.24) is 10.6 Å². The molecule has 0 radical (unpaired) electrons. The van der Waals surface area contributed by atoms with E-state index in [4.69, 9.17) is 5.11 Å². The van der Waals surface area contributed by atoms with Crippen LogP contribution >= 0.6 is 0 Å². The Morgan fingerprint density at radius 3 is 2.71 bits per heavy atom. The van der Waals surface area contributed by atoms with Crippen LogP contribution in [0.5, 0.6) is 0 Å². The lowest BCUT2D eigenvalue weighted by Crippen LogP contribution is -2.36. The van der Waals surface area contributed by atoms with Crippen molar-refractivity contribution in [3.63, 3.8) is 0 Å². The molecular formula is C16H20N2O3. The summed E-state index contributed by atoms with van der Waals surface area (Å²) in [5.74, 6) is 5.22. The van der Waals surface area contributed by atoms with Gasteiger partial charge in [0.1, 0.15) is 0 Å². The van der Waals surface area contributed by atoms with Crippen molar-refractivity contribution in [1.29, 1.82) is 0 Å². The highest BCUT2D eigenvalue weighted by molar-refractivity contribution is 5.96. The van der Waals surface area contributed by atoms with E-state index in [1.165, 1.54) is 0 Å². The molecule has 0 saturated carbocycles. The minimum absolute atomic E-state index is 0.0127. The first kappa shape index (κ1) is 16.7. The maximum Gasteiger partial charge on any atom is 0.251 e. The molecule has 0 fully saturated rings. The molecule has 1 aromatic rings. The van der Waals surface area contributed by atoms with Crippen molar-refractivity contribution < 1.29 is 14.7 Å². The molecule has 5 nitrogen and oxygen atoms in total. The summed E-state index contributed by atoms with van der Waals surface area (Å²) in [4.78, 5) is 23.3. The second kappa shape index (κ2) is 8.77. The molecule has 0 heterocycles. The summed E-state index contributed by atoms with van der Waals surface area (Å²) in [7, 11) is 0. The van der Waals surface area contributed by atoms with Crippen LogP contribution in [0.2, 0.25) is 0 Å². The number of hydrogen-bond acceptors (Lipinski definition) is 3. The van der Waals surface area contributed by atoms with Gasteiger partial charge >= 0.3 is 0 Å². The average molecular weight is 288 g/mol. The molecule has 0 bridgehead atoms. The fourth-order valence-electron chi connectivity index (χ4n) is 1.63. The normalized spacial score (nSPS) is 9.48. The molecule has 0 atom stereocenters. The molecule has 1 aromatic carbocycles. The first-order chi connectivity index (χ1) is 10.1. The maximum absolute atomic E-state index is 12.0. The van der Waals surface area contributed by atoms with Crippen molar-refractivity contribution in [2.45, 2.75) is 20.3 Å². The van der Waals surface area contributed by atoms with E-state index in [0.717, 1.165) is 11.1 Å². The molecule has 0 aliphatic rings. The van der Waals surface area contributed by atoms with E-state index in [1.807, 2.05) is 19.9 Å². The third kappa shape index (κ3) is 5.67. The van der Waals surface area contributed by atoms with E-state index >= 15 is 0 Å². The maximum atomic E-state index is 12.0. The van der Waals surface area contributed by atoms with Gasteiger partial charge in [-0.25, -0.2) is 0 Å². The van der Waals surface area contributed by atoms with Gasteiger partial charge in [0.25, 0.3) is 5.91 Å². The van der Waals surface area contributed by atoms with E-state index < -0.39 is 0 Å². The number of rotatable bonds is 5. The molecule has 21 heavy (non-hydrogen) atoms. The fraction of sp³-hybridized carbons (Fsp3) is 0.375. The van der Waals surface area contributed by atoms with Gasteiger partial charge in [-0.1, -0.05) is 17.9 Å². The van der Waals surface area contributed by atoms with Crippen LogP contribution in [-0.2, 0) is 4.79 Å². The Bertz CT molecular complexity index is 571. The number of amides is 2. The van der Waals surface area contributed by atoms with E-state index in [2.05, 4.69) is 22.5 Å². The fourth-order valence-corrected chi connectivity index (χ4v) is 1.63. The van der Waals surface area contributed by atoms with Crippen LogP contribution in [0.3, 0.4) is 0 Å². The smallest absolute Gasteiger partial charge is 0.251 e. The number of nitrogens with one attached hydrogen (secondary N) is 2. The Morgan fingerprint density at radius 2 is 2.05 bits per heavy atom. The highest BCUT2D eigenvalue weighted by Crippen LogP contribution is 2.10. The zero-order valence-electron chi connectivity index (χ0n) is 12.3. The highest BCUT2D eigenvalue weighted by atomic mass is 16.2. The van der Waals surface area contributed by atoms with Gasteiger partial charge in [0.2, 0.25) is 5.91 Å². The van der Waals surface area contributed by atoms with Gasteiger partial charge in [0.15, 0.2) is 0 Å². The molecular weight excluding hydrogens is 268 g/mol. The van der Waals surface area contributed by atoms with E-state index in [0.29, 0.717) is 18.5 Å². The lowest BCUT2D eigenvalue weighted by molar-refractivity contribution is -0.120. The van der Waals surface area contributed by atoms with Gasteiger partial charge in [0, 0.05) is 24.1 Å². The highest BCUT2D eigenvalue weighted by Gasteiger charge is 2.08. The van der Waals surface area contributed by atoms with Crippen molar-refractivity contribution in [3.05, 3.63) is 34.9 Å². The molecule has 112 valence electrons. The summed E-state index contributed by atoms with van der Waals surface area (Å²) in [6.07, 6.45) is 0.396. The standard InChI is InChI=1S/C16H20N2O3/c1-3-17-15(20)11-18-16(21)14-8-7-12(2)13(10-14)6-4-5-9-19/h7-8,10,19H,3,5,9,11H2,1-2H3,(H,17,20)(H,18,21). The largest absolute Gasteiger partial charge is 0.395 e. The van der Waals surface area contributed by atoms with Crippen LogP contribution in [-0.4, -0.2) is 36.6 Å². The summed E-state index contributed by atoms with van der Waals surface area (Å²) >= 11 is 0. The third-order valence-corrected chi connectivity index (χ3v) is 2.74. The van der Waals surface area contributed by atoms with E-state index in [-0.39, 0.29) is 25.0 Å². The van der Waals surface area contributed by atoms with Crippen molar-refractivity contribution in [3.8, 4) is 11.8 Å². The predicted molar refractivity (Wildman–Crippen MR) is 80.8 cm³/mol. The van der Waals surface area contributed by atoms with Crippen LogP contribution in [0.25, 0.3) is 0 Å². The predicted octanol–water partition coefficient (Wildman–Crippen LogP) is 0.595. The number of aliphatic hydroxyl groups excluding tert-OH is 1. The van der Waals surface area contributed by atoms with Gasteiger partial charge < -0.3 is 15.7 Å². The molecule has 0 unspecified atom stereocenters. The van der Waals surface area contributed by atoms with Crippen LogP contribution < -0.4 is 10.6 Å². The van der Waals surface area contributed by atoms with Crippen LogP contribution in [0.1, 0.15) is 34.8 Å². The molecule has 1 rings (SSSR count). The Hall–Kier alpha value is -2.32. The minimum Gasteiger partial charge on any atom is -0.395 e. The summed E-state index contributed by atoms with van der Waals surface area (Å²) < 4.78 is 0. The van der Waals surface area contributed by atoms with Crippen LogP contribution in [0, 0.1) is 18.8 Å².